The van der Waals surface area contributed by atoms with Crippen LogP contribution < -0.4 is 11.2 Å². The molecule has 4 rings (SSSR count). The number of carbonyl (C=O) groups excluding carboxylic acids is 1. The van der Waals surface area contributed by atoms with Crippen molar-refractivity contribution in [2.45, 2.75) is 20.4 Å². The van der Waals surface area contributed by atoms with Gasteiger partial charge in [-0.1, -0.05) is 0 Å². The van der Waals surface area contributed by atoms with Crippen molar-refractivity contribution in [2.75, 3.05) is 7.11 Å². The van der Waals surface area contributed by atoms with Gasteiger partial charge in [0.1, 0.15) is 12.4 Å². The summed E-state index contributed by atoms with van der Waals surface area (Å²) in [4.78, 5) is 41.9. The standard InChI is InChI=1S/C19H18FN5O4/c1-10-11(2)25-15-16(21-18(25)24(10)13-7-5-12(20)6-8-13)22(3)19(28)23(17(15)27)9-14(26)29-4/h5-8H,9H2,1-4H3. The minimum absolute atomic E-state index is 0.174. The largest absolute Gasteiger partial charge is 0.468 e. The predicted molar refractivity (Wildman–Crippen MR) is 103 cm³/mol. The Bertz CT molecular complexity index is 1410. The van der Waals surface area contributed by atoms with E-state index >= 15 is 0 Å². The highest BCUT2D eigenvalue weighted by Gasteiger charge is 2.24. The average Bonchev–Trinajstić information content (AvgIpc) is 3.20. The zero-order valence-corrected chi connectivity index (χ0v) is 16.3. The molecule has 3 heterocycles. The fourth-order valence-electron chi connectivity index (χ4n) is 3.48. The number of benzene rings is 1. The first-order valence-corrected chi connectivity index (χ1v) is 8.79. The van der Waals surface area contributed by atoms with Crippen LogP contribution in [0.5, 0.6) is 0 Å². The zero-order valence-electron chi connectivity index (χ0n) is 16.3. The number of hydrogen-bond acceptors (Lipinski definition) is 5. The van der Waals surface area contributed by atoms with Gasteiger partial charge in [0.05, 0.1) is 7.11 Å². The zero-order chi connectivity index (χ0) is 21.0. The third kappa shape index (κ3) is 2.59. The molecule has 0 aliphatic rings. The van der Waals surface area contributed by atoms with Crippen molar-refractivity contribution in [2.24, 2.45) is 7.05 Å². The predicted octanol–water partition coefficient (Wildman–Crippen LogP) is 1.07. The molecule has 0 atom stereocenters. The number of imidazole rings is 2. The van der Waals surface area contributed by atoms with Gasteiger partial charge in [-0.2, -0.15) is 4.98 Å². The van der Waals surface area contributed by atoms with E-state index in [2.05, 4.69) is 9.72 Å². The SMILES string of the molecule is COC(=O)Cn1c(=O)c2c(nc3n(-c4ccc(F)cc4)c(C)c(C)n23)n(C)c1=O. The Balaban J connectivity index is 2.13. The lowest BCUT2D eigenvalue weighted by Crippen LogP contribution is -2.41. The smallest absolute Gasteiger partial charge is 0.333 e. The molecule has 0 saturated carbocycles. The Morgan fingerprint density at radius 1 is 1.14 bits per heavy atom. The van der Waals surface area contributed by atoms with Crippen molar-refractivity contribution in [3.05, 3.63) is 62.3 Å². The number of nitrogens with zero attached hydrogens (tertiary/aromatic N) is 5. The number of rotatable bonds is 3. The lowest BCUT2D eigenvalue weighted by Gasteiger charge is -2.07. The van der Waals surface area contributed by atoms with Crippen LogP contribution in [0.15, 0.2) is 33.9 Å². The maximum Gasteiger partial charge on any atom is 0.333 e. The summed E-state index contributed by atoms with van der Waals surface area (Å²) in [6.07, 6.45) is 0. The molecule has 0 unspecified atom stereocenters. The maximum absolute atomic E-state index is 13.4. The Labute approximate surface area is 163 Å². The van der Waals surface area contributed by atoms with E-state index in [-0.39, 0.29) is 17.0 Å². The van der Waals surface area contributed by atoms with Gasteiger partial charge in [0.15, 0.2) is 11.2 Å². The van der Waals surface area contributed by atoms with Crippen LogP contribution in [0, 0.1) is 19.7 Å². The Morgan fingerprint density at radius 3 is 2.41 bits per heavy atom. The molecule has 1 aromatic carbocycles. The van der Waals surface area contributed by atoms with E-state index < -0.39 is 23.8 Å². The number of halogens is 1. The summed E-state index contributed by atoms with van der Waals surface area (Å²) >= 11 is 0. The Kier molecular flexibility index (Phi) is 4.14. The summed E-state index contributed by atoms with van der Waals surface area (Å²) in [5.74, 6) is -0.668. The van der Waals surface area contributed by atoms with Crippen LogP contribution in [-0.4, -0.2) is 36.2 Å². The summed E-state index contributed by atoms with van der Waals surface area (Å²) in [5.41, 5.74) is 1.25. The van der Waals surface area contributed by atoms with E-state index in [1.807, 2.05) is 13.8 Å². The molecular weight excluding hydrogens is 381 g/mol. The van der Waals surface area contributed by atoms with Crippen LogP contribution in [0.4, 0.5) is 4.39 Å². The number of aromatic nitrogens is 5. The summed E-state index contributed by atoms with van der Waals surface area (Å²) in [6, 6.07) is 5.89. The fourth-order valence-corrected chi connectivity index (χ4v) is 3.48. The molecule has 0 saturated heterocycles. The molecule has 0 N–H and O–H groups in total. The second-order valence-corrected chi connectivity index (χ2v) is 6.71. The summed E-state index contributed by atoms with van der Waals surface area (Å²) in [6.45, 7) is 3.18. The van der Waals surface area contributed by atoms with E-state index in [9.17, 15) is 18.8 Å². The highest BCUT2D eigenvalue weighted by Crippen LogP contribution is 2.24. The van der Waals surface area contributed by atoms with Crippen molar-refractivity contribution in [1.29, 1.82) is 0 Å². The molecule has 10 heteroatoms. The lowest BCUT2D eigenvalue weighted by atomic mass is 10.3. The van der Waals surface area contributed by atoms with Crippen LogP contribution in [0.1, 0.15) is 11.4 Å². The van der Waals surface area contributed by atoms with Crippen molar-refractivity contribution < 1.29 is 13.9 Å². The van der Waals surface area contributed by atoms with Gasteiger partial charge in [0.25, 0.3) is 5.56 Å². The third-order valence-corrected chi connectivity index (χ3v) is 5.12. The monoisotopic (exact) mass is 399 g/mol. The highest BCUT2D eigenvalue weighted by molar-refractivity contribution is 5.78. The Morgan fingerprint density at radius 2 is 1.79 bits per heavy atom. The second kappa shape index (κ2) is 6.43. The lowest BCUT2D eigenvalue weighted by molar-refractivity contribution is -0.141. The quantitative estimate of drug-likeness (QED) is 0.481. The molecule has 4 aromatic rings. The molecule has 0 spiro atoms. The van der Waals surface area contributed by atoms with E-state index in [4.69, 9.17) is 0 Å². The number of carbonyl (C=O) groups is 1. The first-order chi connectivity index (χ1) is 13.8. The van der Waals surface area contributed by atoms with Gasteiger partial charge in [-0.3, -0.25) is 23.1 Å². The highest BCUT2D eigenvalue weighted by atomic mass is 19.1. The average molecular weight is 399 g/mol. The van der Waals surface area contributed by atoms with E-state index in [0.717, 1.165) is 16.0 Å². The van der Waals surface area contributed by atoms with Gasteiger partial charge < -0.3 is 4.74 Å². The number of methoxy groups -OCH3 is 1. The minimum atomic E-state index is -0.707. The normalized spacial score (nSPS) is 11.5. The summed E-state index contributed by atoms with van der Waals surface area (Å²) in [5, 5.41) is 0. The van der Waals surface area contributed by atoms with Crippen LogP contribution in [-0.2, 0) is 23.1 Å². The number of aryl methyl sites for hydroxylation is 2. The number of ether oxygens (including phenoxy) is 1. The molecule has 0 aliphatic carbocycles. The molecule has 0 bridgehead atoms. The topological polar surface area (TPSA) is 92.5 Å². The van der Waals surface area contributed by atoms with Gasteiger partial charge in [0, 0.05) is 24.1 Å². The molecular formula is C19H18FN5O4. The molecule has 0 fully saturated rings. The summed E-state index contributed by atoms with van der Waals surface area (Å²) < 4.78 is 23.4. The molecule has 9 nitrogen and oxygen atoms in total. The van der Waals surface area contributed by atoms with Gasteiger partial charge in [-0.15, -0.1) is 0 Å². The van der Waals surface area contributed by atoms with E-state index in [1.165, 1.54) is 30.9 Å². The summed E-state index contributed by atoms with van der Waals surface area (Å²) in [7, 11) is 2.67. The van der Waals surface area contributed by atoms with Crippen molar-refractivity contribution in [3.8, 4) is 5.69 Å². The number of hydrogen-bond donors (Lipinski definition) is 0. The van der Waals surface area contributed by atoms with Crippen LogP contribution in [0.2, 0.25) is 0 Å². The maximum atomic E-state index is 13.4. The molecule has 0 amide bonds. The number of esters is 1. The molecule has 0 aliphatic heterocycles. The van der Waals surface area contributed by atoms with Crippen molar-refractivity contribution >= 4 is 22.9 Å². The van der Waals surface area contributed by atoms with Crippen LogP contribution >= 0.6 is 0 Å². The first kappa shape index (κ1) is 18.7. The molecule has 150 valence electrons. The van der Waals surface area contributed by atoms with Crippen molar-refractivity contribution in [1.82, 2.24) is 23.1 Å². The van der Waals surface area contributed by atoms with E-state index in [1.54, 1.807) is 21.1 Å². The molecule has 0 radical (unpaired) electrons. The fraction of sp³-hybridized carbons (Fsp3) is 0.263. The van der Waals surface area contributed by atoms with Crippen LogP contribution in [0.25, 0.3) is 22.6 Å². The van der Waals surface area contributed by atoms with Crippen molar-refractivity contribution in [3.63, 3.8) is 0 Å². The van der Waals surface area contributed by atoms with Gasteiger partial charge in [-0.05, 0) is 38.1 Å². The first-order valence-electron chi connectivity index (χ1n) is 8.79. The second-order valence-electron chi connectivity index (χ2n) is 6.71. The molecule has 29 heavy (non-hydrogen) atoms. The number of fused-ring (bicyclic) bond motifs is 3. The van der Waals surface area contributed by atoms with Gasteiger partial charge in [0.2, 0.25) is 5.78 Å². The van der Waals surface area contributed by atoms with Gasteiger partial charge in [-0.25, -0.2) is 13.8 Å². The van der Waals surface area contributed by atoms with Gasteiger partial charge >= 0.3 is 11.7 Å². The van der Waals surface area contributed by atoms with E-state index in [0.29, 0.717) is 11.5 Å². The third-order valence-electron chi connectivity index (χ3n) is 5.12. The minimum Gasteiger partial charge on any atom is -0.468 e. The Hall–Kier alpha value is -3.69. The molecule has 3 aromatic heterocycles. The van der Waals surface area contributed by atoms with Crippen LogP contribution in [0.3, 0.4) is 0 Å².